The van der Waals surface area contributed by atoms with Gasteiger partial charge in [0.25, 0.3) is 0 Å². The van der Waals surface area contributed by atoms with Crippen molar-refractivity contribution >= 4 is 5.91 Å². The molecule has 0 aromatic carbocycles. The van der Waals surface area contributed by atoms with E-state index in [4.69, 9.17) is 10.5 Å². The molecule has 1 heterocycles. The Hall–Kier alpha value is -0.610. The molecule has 0 aliphatic carbocycles. The van der Waals surface area contributed by atoms with Crippen molar-refractivity contribution in [2.24, 2.45) is 5.73 Å². The quantitative estimate of drug-likeness (QED) is 0.711. The second-order valence-corrected chi connectivity index (χ2v) is 4.29. The van der Waals surface area contributed by atoms with Crippen molar-refractivity contribution in [1.82, 2.24) is 5.32 Å². The van der Waals surface area contributed by atoms with E-state index in [9.17, 15) is 4.79 Å². The molecule has 3 N–H and O–H groups in total. The van der Waals surface area contributed by atoms with E-state index >= 15 is 0 Å². The molecule has 4 nitrogen and oxygen atoms in total. The van der Waals surface area contributed by atoms with Crippen LogP contribution in [0.5, 0.6) is 0 Å². The Labute approximate surface area is 91.5 Å². The molecule has 15 heavy (non-hydrogen) atoms. The lowest BCUT2D eigenvalue weighted by molar-refractivity contribution is -0.130. The van der Waals surface area contributed by atoms with Crippen molar-refractivity contribution in [2.75, 3.05) is 13.2 Å². The zero-order valence-corrected chi connectivity index (χ0v) is 9.71. The molecule has 0 spiro atoms. The predicted molar refractivity (Wildman–Crippen MR) is 59.5 cm³/mol. The molecule has 1 saturated heterocycles. The van der Waals surface area contributed by atoms with Gasteiger partial charge < -0.3 is 15.8 Å². The minimum Gasteiger partial charge on any atom is -0.368 e. The zero-order chi connectivity index (χ0) is 11.3. The summed E-state index contributed by atoms with van der Waals surface area (Å²) < 4.78 is 5.29. The molecule has 0 radical (unpaired) electrons. The largest absolute Gasteiger partial charge is 0.368 e. The van der Waals surface area contributed by atoms with Gasteiger partial charge >= 0.3 is 0 Å². The topological polar surface area (TPSA) is 64.3 Å². The number of rotatable bonds is 5. The maximum absolute atomic E-state index is 11.6. The summed E-state index contributed by atoms with van der Waals surface area (Å²) in [5.41, 5.74) is 5.82. The number of carbonyl (C=O) groups is 1. The molecular weight excluding hydrogens is 192 g/mol. The van der Waals surface area contributed by atoms with Crippen LogP contribution in [-0.2, 0) is 9.53 Å². The van der Waals surface area contributed by atoms with E-state index in [0.717, 1.165) is 25.7 Å². The molecule has 0 unspecified atom stereocenters. The van der Waals surface area contributed by atoms with Gasteiger partial charge in [-0.15, -0.1) is 0 Å². The monoisotopic (exact) mass is 214 g/mol. The second-order valence-electron chi connectivity index (χ2n) is 4.29. The lowest BCUT2D eigenvalue weighted by atomic mass is 9.94. The van der Waals surface area contributed by atoms with Gasteiger partial charge in [-0.2, -0.15) is 0 Å². The summed E-state index contributed by atoms with van der Waals surface area (Å²) in [4.78, 5) is 11.6. The summed E-state index contributed by atoms with van der Waals surface area (Å²) >= 11 is 0. The van der Waals surface area contributed by atoms with Crippen LogP contribution in [0.4, 0.5) is 0 Å². The molecule has 1 aliphatic heterocycles. The molecule has 0 bridgehead atoms. The number of nitrogens with two attached hydrogens (primary N) is 1. The first kappa shape index (κ1) is 12.5. The molecule has 1 amide bonds. The van der Waals surface area contributed by atoms with Crippen LogP contribution in [0.2, 0.25) is 0 Å². The molecule has 1 fully saturated rings. The van der Waals surface area contributed by atoms with Crippen LogP contribution in [0, 0.1) is 0 Å². The van der Waals surface area contributed by atoms with Crippen molar-refractivity contribution < 1.29 is 9.53 Å². The smallest absolute Gasteiger partial charge is 0.249 e. The molecule has 0 aromatic rings. The van der Waals surface area contributed by atoms with Crippen molar-refractivity contribution in [3.63, 3.8) is 0 Å². The Morgan fingerprint density at radius 2 is 2.20 bits per heavy atom. The Morgan fingerprint density at radius 3 is 2.67 bits per heavy atom. The van der Waals surface area contributed by atoms with Crippen molar-refractivity contribution in [3.05, 3.63) is 0 Å². The fourth-order valence-corrected chi connectivity index (χ4v) is 1.66. The fourth-order valence-electron chi connectivity index (χ4n) is 1.66. The first-order valence-electron chi connectivity index (χ1n) is 5.79. The van der Waals surface area contributed by atoms with Gasteiger partial charge in [0, 0.05) is 18.7 Å². The van der Waals surface area contributed by atoms with E-state index in [1.54, 1.807) is 0 Å². The molecule has 0 saturated carbocycles. The summed E-state index contributed by atoms with van der Waals surface area (Å²) in [6, 6.07) is 0. The zero-order valence-electron chi connectivity index (χ0n) is 9.71. The van der Waals surface area contributed by atoms with Gasteiger partial charge in [0.15, 0.2) is 0 Å². The van der Waals surface area contributed by atoms with Crippen molar-refractivity contribution in [2.45, 2.75) is 51.2 Å². The number of hydrogen-bond acceptors (Lipinski definition) is 3. The third-order valence-electron chi connectivity index (χ3n) is 3.25. The maximum Gasteiger partial charge on any atom is 0.249 e. The SMILES string of the molecule is CCC(N)(CC)CNC(=O)[C@H]1CCCO1. The predicted octanol–water partition coefficient (Wildman–Crippen LogP) is 0.799. The van der Waals surface area contributed by atoms with Crippen molar-refractivity contribution in [3.8, 4) is 0 Å². The highest BCUT2D eigenvalue weighted by Gasteiger charge is 2.26. The third-order valence-corrected chi connectivity index (χ3v) is 3.25. The number of nitrogens with one attached hydrogen (secondary N) is 1. The standard InChI is InChI=1S/C11H22N2O2/c1-3-11(12,4-2)8-13-10(14)9-6-5-7-15-9/h9H,3-8,12H2,1-2H3,(H,13,14)/t9-/m1/s1. The minimum absolute atomic E-state index is 0.00998. The maximum atomic E-state index is 11.6. The summed E-state index contributed by atoms with van der Waals surface area (Å²) in [5, 5.41) is 2.88. The molecule has 1 rings (SSSR count). The Bertz CT molecular complexity index is 209. The third kappa shape index (κ3) is 3.47. The van der Waals surface area contributed by atoms with E-state index in [-0.39, 0.29) is 17.6 Å². The molecule has 4 heteroatoms. The number of ether oxygens (including phenoxy) is 1. The Morgan fingerprint density at radius 1 is 1.53 bits per heavy atom. The summed E-state index contributed by atoms with van der Waals surface area (Å²) in [6.07, 6.45) is 3.31. The van der Waals surface area contributed by atoms with Gasteiger partial charge in [0.2, 0.25) is 5.91 Å². The highest BCUT2D eigenvalue weighted by atomic mass is 16.5. The normalized spacial score (nSPS) is 21.7. The average Bonchev–Trinajstić information content (AvgIpc) is 2.79. The molecule has 0 aromatic heterocycles. The van der Waals surface area contributed by atoms with Gasteiger partial charge in [-0.05, 0) is 25.7 Å². The number of carbonyl (C=O) groups excluding carboxylic acids is 1. The Balaban J connectivity index is 2.32. The van der Waals surface area contributed by atoms with Crippen LogP contribution in [-0.4, -0.2) is 30.7 Å². The first-order valence-corrected chi connectivity index (χ1v) is 5.79. The summed E-state index contributed by atoms with van der Waals surface area (Å²) in [7, 11) is 0. The second kappa shape index (κ2) is 5.47. The average molecular weight is 214 g/mol. The van der Waals surface area contributed by atoms with Crippen LogP contribution >= 0.6 is 0 Å². The van der Waals surface area contributed by atoms with Gasteiger partial charge in [-0.3, -0.25) is 4.79 Å². The van der Waals surface area contributed by atoms with Gasteiger partial charge in [0.1, 0.15) is 6.10 Å². The van der Waals surface area contributed by atoms with Gasteiger partial charge in [-0.1, -0.05) is 13.8 Å². The highest BCUT2D eigenvalue weighted by molar-refractivity contribution is 5.81. The molecule has 1 atom stereocenters. The summed E-state index contributed by atoms with van der Waals surface area (Å²) in [6.45, 7) is 5.33. The van der Waals surface area contributed by atoms with E-state index in [2.05, 4.69) is 5.32 Å². The van der Waals surface area contributed by atoms with Crippen LogP contribution < -0.4 is 11.1 Å². The van der Waals surface area contributed by atoms with Crippen LogP contribution in [0.3, 0.4) is 0 Å². The van der Waals surface area contributed by atoms with E-state index < -0.39 is 0 Å². The van der Waals surface area contributed by atoms with E-state index in [1.165, 1.54) is 0 Å². The van der Waals surface area contributed by atoms with Gasteiger partial charge in [0.05, 0.1) is 0 Å². The van der Waals surface area contributed by atoms with Crippen LogP contribution in [0.15, 0.2) is 0 Å². The first-order chi connectivity index (χ1) is 7.11. The van der Waals surface area contributed by atoms with Crippen LogP contribution in [0.25, 0.3) is 0 Å². The highest BCUT2D eigenvalue weighted by Crippen LogP contribution is 2.13. The lowest BCUT2D eigenvalue weighted by Gasteiger charge is -2.27. The van der Waals surface area contributed by atoms with E-state index in [1.807, 2.05) is 13.8 Å². The molecule has 88 valence electrons. The Kier molecular flexibility index (Phi) is 4.54. The van der Waals surface area contributed by atoms with Gasteiger partial charge in [-0.25, -0.2) is 0 Å². The summed E-state index contributed by atoms with van der Waals surface area (Å²) in [5.74, 6) is -0.00998. The molecule has 1 aliphatic rings. The number of hydrogen-bond donors (Lipinski definition) is 2. The van der Waals surface area contributed by atoms with Crippen LogP contribution in [0.1, 0.15) is 39.5 Å². The fraction of sp³-hybridized carbons (Fsp3) is 0.909. The van der Waals surface area contributed by atoms with Crippen molar-refractivity contribution in [1.29, 1.82) is 0 Å². The van der Waals surface area contributed by atoms with E-state index in [0.29, 0.717) is 13.2 Å². The lowest BCUT2D eigenvalue weighted by Crippen LogP contribution is -2.51. The molecular formula is C11H22N2O2. The minimum atomic E-state index is -0.270. The number of amides is 1.